The maximum Gasteiger partial charge on any atom is 0.219 e. The fourth-order valence-electron chi connectivity index (χ4n) is 1.01. The molecule has 0 unspecified atom stereocenters. The van der Waals surface area contributed by atoms with Crippen LogP contribution in [0.15, 0.2) is 0 Å². The monoisotopic (exact) mass is 185 g/mol. The Labute approximate surface area is 79.9 Å². The van der Waals surface area contributed by atoms with Gasteiger partial charge in [-0.15, -0.1) is 0 Å². The Morgan fingerprint density at radius 2 is 1.85 bits per heavy atom. The second-order valence-electron chi connectivity index (χ2n) is 3.10. The zero-order valence-electron chi connectivity index (χ0n) is 8.56. The fraction of sp³-hybridized carbons (Fsp3) is 0.800. The first-order chi connectivity index (χ1) is 6.20. The van der Waals surface area contributed by atoms with Gasteiger partial charge in [0.15, 0.2) is 0 Å². The van der Waals surface area contributed by atoms with Crippen molar-refractivity contribution < 1.29 is 9.59 Å². The van der Waals surface area contributed by atoms with E-state index in [1.807, 2.05) is 13.8 Å². The summed E-state index contributed by atoms with van der Waals surface area (Å²) in [6.45, 7) is 4.46. The van der Waals surface area contributed by atoms with Crippen molar-refractivity contribution in [3.63, 3.8) is 0 Å². The van der Waals surface area contributed by atoms with Crippen molar-refractivity contribution in [3.8, 4) is 0 Å². The zero-order valence-corrected chi connectivity index (χ0v) is 8.56. The van der Waals surface area contributed by atoms with E-state index in [1.54, 1.807) is 0 Å². The molecular weight excluding hydrogens is 166 g/mol. The third-order valence-electron chi connectivity index (χ3n) is 1.83. The maximum absolute atomic E-state index is 11.0. The molecule has 0 rings (SSSR count). The predicted octanol–water partition coefficient (Wildman–Crippen LogP) is 1.66. The molecule has 3 nitrogen and oxygen atoms in total. The van der Waals surface area contributed by atoms with Gasteiger partial charge in [0.25, 0.3) is 0 Å². The number of carbonyl (C=O) groups excluding carboxylic acids is 2. The lowest BCUT2D eigenvalue weighted by Crippen LogP contribution is -2.24. The molecule has 0 fully saturated rings. The molecule has 0 spiro atoms. The van der Waals surface area contributed by atoms with E-state index in [4.69, 9.17) is 0 Å². The molecular formula is C10H19NO2. The summed E-state index contributed by atoms with van der Waals surface area (Å²) in [5.74, 6) is 0.358. The minimum Gasteiger partial charge on any atom is -0.356 e. The Bertz CT molecular complexity index is 166. The van der Waals surface area contributed by atoms with Crippen LogP contribution >= 0.6 is 0 Å². The van der Waals surface area contributed by atoms with Gasteiger partial charge in [0, 0.05) is 25.8 Å². The summed E-state index contributed by atoms with van der Waals surface area (Å²) in [5.41, 5.74) is 0. The van der Waals surface area contributed by atoms with Crippen molar-refractivity contribution in [3.05, 3.63) is 0 Å². The molecule has 0 atom stereocenters. The average molecular weight is 185 g/mol. The van der Waals surface area contributed by atoms with Crippen LogP contribution in [0.5, 0.6) is 0 Å². The summed E-state index contributed by atoms with van der Waals surface area (Å²) in [5, 5.41) is 2.77. The normalized spacial score (nSPS) is 9.69. The molecule has 0 bridgehead atoms. The van der Waals surface area contributed by atoms with Crippen molar-refractivity contribution in [1.82, 2.24) is 5.32 Å². The number of Topliss-reactive ketones (excluding diaryl/α,β-unsaturated/α-hetero) is 1. The third-order valence-corrected chi connectivity index (χ3v) is 1.83. The number of hydrogen-bond donors (Lipinski definition) is 1. The largest absolute Gasteiger partial charge is 0.356 e. The Morgan fingerprint density at radius 1 is 1.15 bits per heavy atom. The molecule has 0 saturated carbocycles. The molecule has 1 amide bonds. The first-order valence-corrected chi connectivity index (χ1v) is 4.99. The summed E-state index contributed by atoms with van der Waals surface area (Å²) < 4.78 is 0. The van der Waals surface area contributed by atoms with Crippen LogP contribution in [-0.4, -0.2) is 18.2 Å². The molecule has 1 N–H and O–H groups in total. The van der Waals surface area contributed by atoms with E-state index in [-0.39, 0.29) is 11.7 Å². The Morgan fingerprint density at radius 3 is 2.38 bits per heavy atom. The highest BCUT2D eigenvalue weighted by Crippen LogP contribution is 1.93. The summed E-state index contributed by atoms with van der Waals surface area (Å²) in [6.07, 6.45) is 3.41. The van der Waals surface area contributed by atoms with Crippen molar-refractivity contribution in [2.24, 2.45) is 0 Å². The Kier molecular flexibility index (Phi) is 7.26. The van der Waals surface area contributed by atoms with Crippen LogP contribution in [0.3, 0.4) is 0 Å². The number of hydrogen-bond acceptors (Lipinski definition) is 2. The molecule has 3 heteroatoms. The van der Waals surface area contributed by atoms with E-state index < -0.39 is 0 Å². The smallest absolute Gasteiger partial charge is 0.219 e. The number of carbonyl (C=O) groups is 2. The topological polar surface area (TPSA) is 46.2 Å². The van der Waals surface area contributed by atoms with Crippen LogP contribution in [0.25, 0.3) is 0 Å². The van der Waals surface area contributed by atoms with Crippen LogP contribution < -0.4 is 5.32 Å². The van der Waals surface area contributed by atoms with Crippen LogP contribution in [0.2, 0.25) is 0 Å². The van der Waals surface area contributed by atoms with Gasteiger partial charge in [-0.05, 0) is 12.8 Å². The highest BCUT2D eigenvalue weighted by atomic mass is 16.1. The van der Waals surface area contributed by atoms with Gasteiger partial charge >= 0.3 is 0 Å². The Balaban J connectivity index is 3.25. The molecule has 0 aromatic rings. The number of amides is 1. The molecule has 76 valence electrons. The first-order valence-electron chi connectivity index (χ1n) is 4.99. The molecule has 0 aliphatic rings. The lowest BCUT2D eigenvalue weighted by atomic mass is 10.2. The van der Waals surface area contributed by atoms with E-state index in [0.717, 1.165) is 12.8 Å². The van der Waals surface area contributed by atoms with Crippen LogP contribution in [-0.2, 0) is 9.59 Å². The molecule has 0 heterocycles. The van der Waals surface area contributed by atoms with Crippen LogP contribution in [0, 0.1) is 0 Å². The molecule has 0 aromatic heterocycles. The molecule has 0 aliphatic carbocycles. The second-order valence-corrected chi connectivity index (χ2v) is 3.10. The van der Waals surface area contributed by atoms with Crippen molar-refractivity contribution in [2.75, 3.05) is 6.54 Å². The van der Waals surface area contributed by atoms with Crippen molar-refractivity contribution in [2.45, 2.75) is 46.0 Å². The van der Waals surface area contributed by atoms with Crippen LogP contribution in [0.4, 0.5) is 0 Å². The Hall–Kier alpha value is -0.860. The number of nitrogens with one attached hydrogen (secondary N) is 1. The van der Waals surface area contributed by atoms with Gasteiger partial charge in [-0.3, -0.25) is 9.59 Å². The fourth-order valence-corrected chi connectivity index (χ4v) is 1.01. The van der Waals surface area contributed by atoms with Gasteiger partial charge in [-0.2, -0.15) is 0 Å². The quantitative estimate of drug-likeness (QED) is 0.613. The average Bonchev–Trinajstić information content (AvgIpc) is 2.12. The van der Waals surface area contributed by atoms with Gasteiger partial charge in [0.1, 0.15) is 5.78 Å². The molecule has 0 radical (unpaired) electrons. The minimum absolute atomic E-state index is 0.0893. The SMILES string of the molecule is CCCC(=O)NCCCC(=O)CC. The maximum atomic E-state index is 11.0. The zero-order chi connectivity index (χ0) is 10.1. The lowest BCUT2D eigenvalue weighted by Gasteiger charge is -2.02. The predicted molar refractivity (Wildman–Crippen MR) is 52.4 cm³/mol. The van der Waals surface area contributed by atoms with Gasteiger partial charge in [0.05, 0.1) is 0 Å². The lowest BCUT2D eigenvalue weighted by molar-refractivity contribution is -0.122. The standard InChI is InChI=1S/C10H19NO2/c1-3-6-10(13)11-8-5-7-9(12)4-2/h3-8H2,1-2H3,(H,11,13). The van der Waals surface area contributed by atoms with E-state index in [0.29, 0.717) is 25.8 Å². The first kappa shape index (κ1) is 12.1. The van der Waals surface area contributed by atoms with E-state index in [9.17, 15) is 9.59 Å². The second kappa shape index (κ2) is 7.77. The van der Waals surface area contributed by atoms with E-state index in [2.05, 4.69) is 5.32 Å². The van der Waals surface area contributed by atoms with Gasteiger partial charge in [-0.1, -0.05) is 13.8 Å². The van der Waals surface area contributed by atoms with E-state index >= 15 is 0 Å². The highest BCUT2D eigenvalue weighted by molar-refractivity contribution is 5.78. The van der Waals surface area contributed by atoms with Crippen molar-refractivity contribution >= 4 is 11.7 Å². The highest BCUT2D eigenvalue weighted by Gasteiger charge is 2.00. The minimum atomic E-state index is 0.0893. The molecule has 13 heavy (non-hydrogen) atoms. The summed E-state index contributed by atoms with van der Waals surface area (Å²) in [6, 6.07) is 0. The molecule has 0 aromatic carbocycles. The third kappa shape index (κ3) is 7.50. The van der Waals surface area contributed by atoms with E-state index in [1.165, 1.54) is 0 Å². The number of ketones is 1. The van der Waals surface area contributed by atoms with Crippen molar-refractivity contribution in [1.29, 1.82) is 0 Å². The molecule has 0 aliphatic heterocycles. The summed E-state index contributed by atoms with van der Waals surface area (Å²) in [4.78, 5) is 21.8. The number of rotatable bonds is 7. The van der Waals surface area contributed by atoms with Gasteiger partial charge in [-0.25, -0.2) is 0 Å². The summed E-state index contributed by atoms with van der Waals surface area (Å²) >= 11 is 0. The van der Waals surface area contributed by atoms with Crippen LogP contribution in [0.1, 0.15) is 46.0 Å². The van der Waals surface area contributed by atoms with Gasteiger partial charge < -0.3 is 5.32 Å². The molecule has 0 saturated heterocycles. The summed E-state index contributed by atoms with van der Waals surface area (Å²) in [7, 11) is 0. The van der Waals surface area contributed by atoms with Gasteiger partial charge in [0.2, 0.25) is 5.91 Å².